The zero-order valence-corrected chi connectivity index (χ0v) is 15.5. The molecule has 0 bridgehead atoms. The van der Waals surface area contributed by atoms with Gasteiger partial charge in [-0.3, -0.25) is 4.79 Å². The van der Waals surface area contributed by atoms with Crippen molar-refractivity contribution in [3.63, 3.8) is 0 Å². The second-order valence-corrected chi connectivity index (χ2v) is 8.28. The predicted octanol–water partition coefficient (Wildman–Crippen LogP) is 2.74. The number of carbonyl (C=O) groups excluding carboxylic acids is 1. The Hall–Kier alpha value is -2.83. The van der Waals surface area contributed by atoms with E-state index in [1.165, 1.54) is 28.6 Å². The topological polar surface area (TPSA) is 90.3 Å². The first-order chi connectivity index (χ1) is 13.3. The average molecular weight is 405 g/mol. The highest BCUT2D eigenvalue weighted by Gasteiger charge is 2.28. The number of amides is 1. The molecule has 2 aromatic rings. The summed E-state index contributed by atoms with van der Waals surface area (Å²) in [6, 6.07) is 8.51. The lowest BCUT2D eigenvalue weighted by atomic mass is 10.1. The van der Waals surface area contributed by atoms with Gasteiger partial charge in [-0.05, 0) is 37.1 Å². The molecule has 0 aliphatic carbocycles. The molecule has 1 unspecified atom stereocenters. The molecule has 0 saturated carbocycles. The Bertz CT molecular complexity index is 1040. The van der Waals surface area contributed by atoms with Crippen LogP contribution in [0.5, 0.6) is 0 Å². The van der Waals surface area contributed by atoms with Gasteiger partial charge >= 0.3 is 0 Å². The van der Waals surface area contributed by atoms with E-state index >= 15 is 0 Å². The Kier molecular flexibility index (Phi) is 5.72. The molecule has 1 aliphatic rings. The lowest BCUT2D eigenvalue weighted by Gasteiger charge is -2.16. The summed E-state index contributed by atoms with van der Waals surface area (Å²) in [7, 11) is -3.71. The Balaban J connectivity index is 1.83. The summed E-state index contributed by atoms with van der Waals surface area (Å²) in [5.41, 5.74) is -0.166. The third kappa shape index (κ3) is 4.03. The standard InChI is InChI=1S/C19H17F2N3O3S/c20-14-6-7-16(17(21)11-14)18(12-22)23-19(25)13-4-3-5-15(10-13)28(26,27)24-8-1-2-9-24/h3-7,10-11,18H,1-2,8-9H2,(H,23,25). The first kappa shape index (κ1) is 19.9. The molecule has 1 fully saturated rings. The molecule has 1 heterocycles. The molecule has 1 N–H and O–H groups in total. The van der Waals surface area contributed by atoms with E-state index in [0.29, 0.717) is 19.2 Å². The minimum absolute atomic E-state index is 0.0167. The summed E-state index contributed by atoms with van der Waals surface area (Å²) in [5.74, 6) is -2.50. The highest BCUT2D eigenvalue weighted by Crippen LogP contribution is 2.22. The number of nitrogens with zero attached hydrogens (tertiary/aromatic N) is 2. The van der Waals surface area contributed by atoms with Crippen LogP contribution in [0.1, 0.15) is 34.8 Å². The molecule has 1 saturated heterocycles. The fraction of sp³-hybridized carbons (Fsp3) is 0.263. The van der Waals surface area contributed by atoms with E-state index < -0.39 is 33.6 Å². The van der Waals surface area contributed by atoms with Crippen molar-refractivity contribution in [2.24, 2.45) is 0 Å². The second-order valence-electron chi connectivity index (χ2n) is 6.34. The molecule has 1 aliphatic heterocycles. The van der Waals surface area contributed by atoms with Crippen LogP contribution >= 0.6 is 0 Å². The average Bonchev–Trinajstić information content (AvgIpc) is 3.22. The summed E-state index contributed by atoms with van der Waals surface area (Å²) < 4.78 is 53.6. The molecule has 6 nitrogen and oxygen atoms in total. The van der Waals surface area contributed by atoms with Gasteiger partial charge in [-0.25, -0.2) is 17.2 Å². The van der Waals surface area contributed by atoms with Gasteiger partial charge in [0.1, 0.15) is 17.7 Å². The van der Waals surface area contributed by atoms with Crippen molar-refractivity contribution in [1.82, 2.24) is 9.62 Å². The van der Waals surface area contributed by atoms with Crippen LogP contribution in [0.25, 0.3) is 0 Å². The minimum atomic E-state index is -3.71. The van der Waals surface area contributed by atoms with Crippen LogP contribution in [0.3, 0.4) is 0 Å². The molecule has 28 heavy (non-hydrogen) atoms. The number of halogens is 2. The number of rotatable bonds is 5. The van der Waals surface area contributed by atoms with Crippen LogP contribution in [0.15, 0.2) is 47.4 Å². The minimum Gasteiger partial charge on any atom is -0.332 e. The van der Waals surface area contributed by atoms with Gasteiger partial charge in [0.15, 0.2) is 0 Å². The number of nitrogens with one attached hydrogen (secondary N) is 1. The van der Waals surface area contributed by atoms with Crippen LogP contribution in [0, 0.1) is 23.0 Å². The SMILES string of the molecule is N#CC(NC(=O)c1cccc(S(=O)(=O)N2CCCC2)c1)c1ccc(F)cc1F. The maximum atomic E-state index is 13.9. The van der Waals surface area contributed by atoms with Crippen LogP contribution < -0.4 is 5.32 Å². The number of sulfonamides is 1. The smallest absolute Gasteiger partial charge is 0.252 e. The van der Waals surface area contributed by atoms with Crippen molar-refractivity contribution < 1.29 is 22.0 Å². The highest BCUT2D eigenvalue weighted by atomic mass is 32.2. The summed E-state index contributed by atoms with van der Waals surface area (Å²) in [6.45, 7) is 0.859. The van der Waals surface area contributed by atoms with Gasteiger partial charge in [0.25, 0.3) is 5.91 Å². The van der Waals surface area contributed by atoms with Crippen molar-refractivity contribution in [3.8, 4) is 6.07 Å². The quantitative estimate of drug-likeness (QED) is 0.828. The molecule has 0 radical (unpaired) electrons. The number of hydrogen-bond acceptors (Lipinski definition) is 4. The van der Waals surface area contributed by atoms with E-state index in [2.05, 4.69) is 5.32 Å². The largest absolute Gasteiger partial charge is 0.332 e. The molecule has 0 spiro atoms. The van der Waals surface area contributed by atoms with Crippen molar-refractivity contribution in [2.45, 2.75) is 23.8 Å². The third-order valence-electron chi connectivity index (χ3n) is 4.48. The normalized spacial score (nSPS) is 15.8. The monoisotopic (exact) mass is 405 g/mol. The van der Waals surface area contributed by atoms with Crippen LogP contribution in [0.2, 0.25) is 0 Å². The van der Waals surface area contributed by atoms with Crippen molar-refractivity contribution in [2.75, 3.05) is 13.1 Å². The second kappa shape index (κ2) is 8.04. The highest BCUT2D eigenvalue weighted by molar-refractivity contribution is 7.89. The van der Waals surface area contributed by atoms with Crippen molar-refractivity contribution in [3.05, 3.63) is 65.2 Å². The maximum Gasteiger partial charge on any atom is 0.252 e. The summed E-state index contributed by atoms with van der Waals surface area (Å²) >= 11 is 0. The zero-order valence-electron chi connectivity index (χ0n) is 14.7. The predicted molar refractivity (Wildman–Crippen MR) is 96.6 cm³/mol. The number of hydrogen-bond donors (Lipinski definition) is 1. The Labute approximate surface area is 161 Å². The van der Waals surface area contributed by atoms with Gasteiger partial charge in [0.05, 0.1) is 11.0 Å². The van der Waals surface area contributed by atoms with Gasteiger partial charge in [0, 0.05) is 30.3 Å². The molecule has 9 heteroatoms. The lowest BCUT2D eigenvalue weighted by molar-refractivity contribution is 0.0944. The van der Waals surface area contributed by atoms with Gasteiger partial charge in [-0.15, -0.1) is 0 Å². The summed E-state index contributed by atoms with van der Waals surface area (Å²) in [6.07, 6.45) is 1.57. The van der Waals surface area contributed by atoms with Gasteiger partial charge in [-0.2, -0.15) is 9.57 Å². The van der Waals surface area contributed by atoms with Crippen LogP contribution in [-0.4, -0.2) is 31.7 Å². The lowest BCUT2D eigenvalue weighted by Crippen LogP contribution is -2.30. The first-order valence-corrected chi connectivity index (χ1v) is 10.0. The Morgan fingerprint density at radius 1 is 1.14 bits per heavy atom. The van der Waals surface area contributed by atoms with Gasteiger partial charge < -0.3 is 5.32 Å². The molecule has 146 valence electrons. The number of benzene rings is 2. The number of carbonyl (C=O) groups is 1. The molecule has 2 aromatic carbocycles. The van der Waals surface area contributed by atoms with E-state index in [1.807, 2.05) is 0 Å². The first-order valence-electron chi connectivity index (χ1n) is 8.58. The summed E-state index contributed by atoms with van der Waals surface area (Å²) in [4.78, 5) is 12.5. The molecular formula is C19H17F2N3O3S. The fourth-order valence-electron chi connectivity index (χ4n) is 3.00. The molecule has 0 aromatic heterocycles. The van der Waals surface area contributed by atoms with Crippen molar-refractivity contribution in [1.29, 1.82) is 5.26 Å². The van der Waals surface area contributed by atoms with Crippen LogP contribution in [-0.2, 0) is 10.0 Å². The Morgan fingerprint density at radius 3 is 2.50 bits per heavy atom. The summed E-state index contributed by atoms with van der Waals surface area (Å²) in [5, 5.41) is 11.6. The van der Waals surface area contributed by atoms with Crippen LogP contribution in [0.4, 0.5) is 8.78 Å². The van der Waals surface area contributed by atoms with E-state index in [9.17, 15) is 27.3 Å². The molecule has 1 amide bonds. The molecule has 3 rings (SSSR count). The van der Waals surface area contributed by atoms with Gasteiger partial charge in [-0.1, -0.05) is 12.1 Å². The fourth-order valence-corrected chi connectivity index (χ4v) is 4.57. The Morgan fingerprint density at radius 2 is 1.86 bits per heavy atom. The van der Waals surface area contributed by atoms with E-state index in [4.69, 9.17) is 0 Å². The zero-order chi connectivity index (χ0) is 20.3. The van der Waals surface area contributed by atoms with E-state index in [0.717, 1.165) is 25.0 Å². The van der Waals surface area contributed by atoms with Gasteiger partial charge in [0.2, 0.25) is 10.0 Å². The third-order valence-corrected chi connectivity index (χ3v) is 6.37. The maximum absolute atomic E-state index is 13.9. The van der Waals surface area contributed by atoms with E-state index in [1.54, 1.807) is 6.07 Å². The molecule has 1 atom stereocenters. The van der Waals surface area contributed by atoms with E-state index in [-0.39, 0.29) is 16.0 Å². The number of nitriles is 1. The molecular weight excluding hydrogens is 388 g/mol. The van der Waals surface area contributed by atoms with Crippen molar-refractivity contribution >= 4 is 15.9 Å².